The van der Waals surface area contributed by atoms with E-state index in [1.54, 1.807) is 17.1 Å². The van der Waals surface area contributed by atoms with Crippen LogP contribution in [0.3, 0.4) is 0 Å². The number of rotatable bonds is 5. The minimum absolute atomic E-state index is 0.132. The van der Waals surface area contributed by atoms with Crippen LogP contribution in [0.5, 0.6) is 0 Å². The summed E-state index contributed by atoms with van der Waals surface area (Å²) in [6.07, 6.45) is 0. The lowest BCUT2D eigenvalue weighted by atomic mass is 10.1. The monoisotopic (exact) mass is 280 g/mol. The quantitative estimate of drug-likeness (QED) is 0.784. The highest BCUT2D eigenvalue weighted by molar-refractivity contribution is 7.07. The molecule has 2 aromatic heterocycles. The highest BCUT2D eigenvalue weighted by Gasteiger charge is 2.23. The van der Waals surface area contributed by atoms with Gasteiger partial charge in [-0.25, -0.2) is 14.5 Å². The van der Waals surface area contributed by atoms with Gasteiger partial charge in [0, 0.05) is 5.38 Å². The molecular formula is C12H16N4O2S. The van der Waals surface area contributed by atoms with Crippen molar-refractivity contribution in [1.29, 1.82) is 0 Å². The molecular weight excluding hydrogens is 264 g/mol. The van der Waals surface area contributed by atoms with Crippen LogP contribution < -0.4 is 0 Å². The lowest BCUT2D eigenvalue weighted by molar-refractivity contribution is 0.0517. The molecule has 0 amide bonds. The van der Waals surface area contributed by atoms with Crippen molar-refractivity contribution in [3.63, 3.8) is 0 Å². The molecule has 19 heavy (non-hydrogen) atoms. The first-order chi connectivity index (χ1) is 9.13. The Balaban J connectivity index is 2.31. The molecule has 0 bridgehead atoms. The fourth-order valence-electron chi connectivity index (χ4n) is 1.82. The van der Waals surface area contributed by atoms with Crippen LogP contribution >= 0.6 is 11.3 Å². The summed E-state index contributed by atoms with van der Waals surface area (Å²) in [6.45, 7) is 6.61. The molecule has 0 radical (unpaired) electrons. The van der Waals surface area contributed by atoms with Gasteiger partial charge in [-0.2, -0.15) is 0 Å². The van der Waals surface area contributed by atoms with Crippen LogP contribution in [0.2, 0.25) is 0 Å². The van der Waals surface area contributed by atoms with Gasteiger partial charge in [0.05, 0.1) is 30.1 Å². The standard InChI is InChI=1S/C12H16N4O2S/c1-4-18-12(17)10-11(8(2)3)16(15-14-10)5-9-6-19-7-13-9/h6-8H,4-5H2,1-3H3. The van der Waals surface area contributed by atoms with Crippen LogP contribution in [-0.2, 0) is 11.3 Å². The first kappa shape index (κ1) is 13.7. The van der Waals surface area contributed by atoms with E-state index in [0.717, 1.165) is 11.4 Å². The molecule has 2 aromatic rings. The van der Waals surface area contributed by atoms with Crippen molar-refractivity contribution in [2.24, 2.45) is 0 Å². The minimum Gasteiger partial charge on any atom is -0.461 e. The van der Waals surface area contributed by atoms with Gasteiger partial charge in [-0.1, -0.05) is 19.1 Å². The number of thiazole rings is 1. The Morgan fingerprint density at radius 2 is 2.32 bits per heavy atom. The zero-order valence-corrected chi connectivity index (χ0v) is 12.0. The summed E-state index contributed by atoms with van der Waals surface area (Å²) < 4.78 is 6.71. The van der Waals surface area contributed by atoms with Gasteiger partial charge < -0.3 is 4.74 Å². The molecule has 0 aliphatic heterocycles. The van der Waals surface area contributed by atoms with Crippen LogP contribution in [-0.4, -0.2) is 32.6 Å². The summed E-state index contributed by atoms with van der Waals surface area (Å²) in [5.41, 5.74) is 3.76. The minimum atomic E-state index is -0.421. The van der Waals surface area contributed by atoms with Crippen molar-refractivity contribution in [1.82, 2.24) is 20.0 Å². The first-order valence-corrected chi connectivity index (χ1v) is 7.05. The van der Waals surface area contributed by atoms with Crippen LogP contribution in [0.1, 0.15) is 48.6 Å². The molecule has 0 N–H and O–H groups in total. The first-order valence-electron chi connectivity index (χ1n) is 6.11. The highest BCUT2D eigenvalue weighted by Crippen LogP contribution is 2.19. The second kappa shape index (κ2) is 5.92. The molecule has 7 heteroatoms. The molecule has 2 heterocycles. The largest absolute Gasteiger partial charge is 0.461 e. The fraction of sp³-hybridized carbons (Fsp3) is 0.500. The Labute approximate surface area is 115 Å². The van der Waals surface area contributed by atoms with Gasteiger partial charge in [0.25, 0.3) is 0 Å². The SMILES string of the molecule is CCOC(=O)c1nnn(Cc2cscn2)c1C(C)C. The van der Waals surface area contributed by atoms with Gasteiger partial charge in [0.2, 0.25) is 0 Å². The van der Waals surface area contributed by atoms with Gasteiger partial charge in [0.15, 0.2) is 5.69 Å². The Bertz CT molecular complexity index is 548. The Hall–Kier alpha value is -1.76. The molecule has 0 spiro atoms. The van der Waals surface area contributed by atoms with Crippen LogP contribution in [0.15, 0.2) is 10.9 Å². The van der Waals surface area contributed by atoms with Crippen molar-refractivity contribution in [3.8, 4) is 0 Å². The van der Waals surface area contributed by atoms with Crippen molar-refractivity contribution in [2.45, 2.75) is 33.2 Å². The van der Waals surface area contributed by atoms with Gasteiger partial charge in [-0.3, -0.25) is 0 Å². The van der Waals surface area contributed by atoms with Crippen molar-refractivity contribution >= 4 is 17.3 Å². The number of nitrogens with zero attached hydrogens (tertiary/aromatic N) is 4. The molecule has 0 saturated carbocycles. The van der Waals surface area contributed by atoms with E-state index in [1.807, 2.05) is 19.2 Å². The van der Waals surface area contributed by atoms with Gasteiger partial charge >= 0.3 is 5.97 Å². The Morgan fingerprint density at radius 3 is 2.89 bits per heavy atom. The van der Waals surface area contributed by atoms with Crippen LogP contribution in [0, 0.1) is 0 Å². The third kappa shape index (κ3) is 2.98. The lowest BCUT2D eigenvalue weighted by Gasteiger charge is -2.09. The molecule has 0 atom stereocenters. The molecule has 0 unspecified atom stereocenters. The van der Waals surface area contributed by atoms with E-state index in [0.29, 0.717) is 18.8 Å². The molecule has 0 fully saturated rings. The summed E-state index contributed by atoms with van der Waals surface area (Å²) in [7, 11) is 0. The molecule has 0 aliphatic carbocycles. The van der Waals surface area contributed by atoms with Crippen molar-refractivity contribution < 1.29 is 9.53 Å². The number of carbonyl (C=O) groups excluding carboxylic acids is 1. The number of hydrogen-bond donors (Lipinski definition) is 0. The Morgan fingerprint density at radius 1 is 1.53 bits per heavy atom. The van der Waals surface area contributed by atoms with Crippen molar-refractivity contribution in [3.05, 3.63) is 28.0 Å². The normalized spacial score (nSPS) is 10.9. The van der Waals surface area contributed by atoms with Crippen molar-refractivity contribution in [2.75, 3.05) is 6.61 Å². The molecule has 102 valence electrons. The molecule has 2 rings (SSSR count). The highest BCUT2D eigenvalue weighted by atomic mass is 32.1. The van der Waals surface area contributed by atoms with E-state index >= 15 is 0 Å². The number of aromatic nitrogens is 4. The fourth-order valence-corrected chi connectivity index (χ4v) is 2.37. The predicted octanol–water partition coefficient (Wildman–Crippen LogP) is 2.08. The van der Waals surface area contributed by atoms with E-state index in [2.05, 4.69) is 15.3 Å². The predicted molar refractivity (Wildman–Crippen MR) is 71.3 cm³/mol. The average Bonchev–Trinajstić information content (AvgIpc) is 2.99. The van der Waals surface area contributed by atoms with E-state index in [4.69, 9.17) is 4.74 Å². The maximum absolute atomic E-state index is 11.8. The summed E-state index contributed by atoms with van der Waals surface area (Å²) >= 11 is 1.53. The molecule has 6 nitrogen and oxygen atoms in total. The number of ether oxygens (including phenoxy) is 1. The summed E-state index contributed by atoms with van der Waals surface area (Å²) in [6, 6.07) is 0. The zero-order chi connectivity index (χ0) is 13.8. The number of esters is 1. The average molecular weight is 280 g/mol. The second-order valence-corrected chi connectivity index (χ2v) is 5.05. The van der Waals surface area contributed by atoms with Gasteiger partial charge in [-0.05, 0) is 12.8 Å². The van der Waals surface area contributed by atoms with E-state index in [9.17, 15) is 4.79 Å². The maximum Gasteiger partial charge on any atom is 0.360 e. The maximum atomic E-state index is 11.8. The van der Waals surface area contributed by atoms with Crippen LogP contribution in [0.4, 0.5) is 0 Å². The van der Waals surface area contributed by atoms with Crippen LogP contribution in [0.25, 0.3) is 0 Å². The smallest absolute Gasteiger partial charge is 0.360 e. The number of hydrogen-bond acceptors (Lipinski definition) is 6. The molecule has 0 aromatic carbocycles. The van der Waals surface area contributed by atoms with Gasteiger partial charge in [0.1, 0.15) is 0 Å². The topological polar surface area (TPSA) is 69.9 Å². The number of carbonyl (C=O) groups is 1. The summed E-state index contributed by atoms with van der Waals surface area (Å²) in [5, 5.41) is 9.95. The third-order valence-electron chi connectivity index (χ3n) is 2.58. The van der Waals surface area contributed by atoms with E-state index in [1.165, 1.54) is 11.3 Å². The Kier molecular flexibility index (Phi) is 4.26. The zero-order valence-electron chi connectivity index (χ0n) is 11.2. The second-order valence-electron chi connectivity index (χ2n) is 4.34. The lowest BCUT2D eigenvalue weighted by Crippen LogP contribution is -2.13. The molecule has 0 saturated heterocycles. The summed E-state index contributed by atoms with van der Waals surface area (Å²) in [4.78, 5) is 16.1. The van der Waals surface area contributed by atoms with E-state index < -0.39 is 5.97 Å². The third-order valence-corrected chi connectivity index (χ3v) is 3.22. The van der Waals surface area contributed by atoms with E-state index in [-0.39, 0.29) is 5.92 Å². The summed E-state index contributed by atoms with van der Waals surface area (Å²) in [5.74, 6) is -0.288. The van der Waals surface area contributed by atoms with Gasteiger partial charge in [-0.15, -0.1) is 16.4 Å². The molecule has 0 aliphatic rings.